The Balaban J connectivity index is 1.77. The maximum absolute atomic E-state index is 11.7. The zero-order valence-electron chi connectivity index (χ0n) is 15.1. The summed E-state index contributed by atoms with van der Waals surface area (Å²) in [5.74, 6) is 0.0457. The van der Waals surface area contributed by atoms with Gasteiger partial charge in [-0.05, 0) is 31.6 Å². The first-order valence-electron chi connectivity index (χ1n) is 8.64. The molecule has 1 fully saturated rings. The maximum Gasteiger partial charge on any atom is 0.271 e. The molecule has 0 radical (unpaired) electrons. The SMILES string of the molecule is C=CC(=O)N1CC[C@@H](Nc2cnc(C(N)=O)c(Nc3ccc(C)cc3)n2)C1. The molecule has 4 N–H and O–H groups in total. The zero-order valence-corrected chi connectivity index (χ0v) is 15.1. The van der Waals surface area contributed by atoms with E-state index in [0.29, 0.717) is 18.9 Å². The Morgan fingerprint density at radius 1 is 1.33 bits per heavy atom. The van der Waals surface area contributed by atoms with Crippen LogP contribution in [0.2, 0.25) is 0 Å². The lowest BCUT2D eigenvalue weighted by atomic mass is 10.2. The fourth-order valence-electron chi connectivity index (χ4n) is 2.92. The van der Waals surface area contributed by atoms with E-state index in [1.54, 1.807) is 4.90 Å². The van der Waals surface area contributed by atoms with Crippen molar-refractivity contribution in [3.8, 4) is 0 Å². The topological polar surface area (TPSA) is 113 Å². The Bertz CT molecular complexity index is 865. The molecule has 2 aromatic rings. The van der Waals surface area contributed by atoms with E-state index in [-0.39, 0.29) is 23.5 Å². The summed E-state index contributed by atoms with van der Waals surface area (Å²) in [6.45, 7) is 6.72. The van der Waals surface area contributed by atoms with Gasteiger partial charge in [-0.25, -0.2) is 9.97 Å². The quantitative estimate of drug-likeness (QED) is 0.672. The Labute approximate surface area is 157 Å². The second-order valence-electron chi connectivity index (χ2n) is 6.43. The highest BCUT2D eigenvalue weighted by Gasteiger charge is 2.25. The van der Waals surface area contributed by atoms with Crippen LogP contribution in [0.4, 0.5) is 17.3 Å². The summed E-state index contributed by atoms with van der Waals surface area (Å²) in [6, 6.07) is 7.72. The minimum atomic E-state index is -0.660. The normalized spacial score (nSPS) is 16.0. The predicted molar refractivity (Wildman–Crippen MR) is 104 cm³/mol. The Kier molecular flexibility index (Phi) is 5.35. The van der Waals surface area contributed by atoms with Crippen molar-refractivity contribution in [2.45, 2.75) is 19.4 Å². The number of aryl methyl sites for hydroxylation is 1. The van der Waals surface area contributed by atoms with Crippen molar-refractivity contribution in [3.05, 3.63) is 54.4 Å². The second-order valence-corrected chi connectivity index (χ2v) is 6.43. The average Bonchev–Trinajstić information content (AvgIpc) is 3.11. The van der Waals surface area contributed by atoms with Crippen molar-refractivity contribution in [2.24, 2.45) is 5.73 Å². The van der Waals surface area contributed by atoms with Gasteiger partial charge in [-0.3, -0.25) is 9.59 Å². The molecular formula is C19H22N6O2. The Morgan fingerprint density at radius 2 is 2.07 bits per heavy atom. The summed E-state index contributed by atoms with van der Waals surface area (Å²) in [4.78, 5) is 33.7. The first kappa shape index (κ1) is 18.4. The number of amides is 2. The van der Waals surface area contributed by atoms with Crippen LogP contribution >= 0.6 is 0 Å². The lowest BCUT2D eigenvalue weighted by Crippen LogP contribution is -2.30. The van der Waals surface area contributed by atoms with Crippen LogP contribution in [0.5, 0.6) is 0 Å². The highest BCUT2D eigenvalue weighted by atomic mass is 16.2. The number of carbonyl (C=O) groups is 2. The lowest BCUT2D eigenvalue weighted by Gasteiger charge is -2.16. The summed E-state index contributed by atoms with van der Waals surface area (Å²) >= 11 is 0. The van der Waals surface area contributed by atoms with Gasteiger partial charge in [0.05, 0.1) is 6.20 Å². The fraction of sp³-hybridized carbons (Fsp3) is 0.263. The maximum atomic E-state index is 11.7. The zero-order chi connectivity index (χ0) is 19.4. The molecule has 140 valence electrons. The Hall–Kier alpha value is -3.42. The third-order valence-corrected chi connectivity index (χ3v) is 4.35. The molecule has 2 heterocycles. The number of anilines is 3. The van der Waals surface area contributed by atoms with Crippen molar-refractivity contribution in [3.63, 3.8) is 0 Å². The van der Waals surface area contributed by atoms with Crippen LogP contribution in [0.15, 0.2) is 43.1 Å². The molecular weight excluding hydrogens is 344 g/mol. The van der Waals surface area contributed by atoms with Gasteiger partial charge in [-0.15, -0.1) is 0 Å². The third-order valence-electron chi connectivity index (χ3n) is 4.35. The number of carbonyl (C=O) groups excluding carboxylic acids is 2. The molecule has 1 aliphatic heterocycles. The van der Waals surface area contributed by atoms with E-state index in [4.69, 9.17) is 5.73 Å². The minimum Gasteiger partial charge on any atom is -0.364 e. The molecule has 1 atom stereocenters. The van der Waals surface area contributed by atoms with E-state index in [1.807, 2.05) is 31.2 Å². The summed E-state index contributed by atoms with van der Waals surface area (Å²) in [7, 11) is 0. The van der Waals surface area contributed by atoms with E-state index in [0.717, 1.165) is 17.7 Å². The molecule has 1 aromatic heterocycles. The summed E-state index contributed by atoms with van der Waals surface area (Å²) in [6.07, 6.45) is 3.57. The molecule has 0 spiro atoms. The number of hydrogen-bond donors (Lipinski definition) is 3. The van der Waals surface area contributed by atoms with E-state index in [2.05, 4.69) is 27.2 Å². The number of benzene rings is 1. The highest BCUT2D eigenvalue weighted by molar-refractivity contribution is 5.96. The van der Waals surface area contributed by atoms with Gasteiger partial charge >= 0.3 is 0 Å². The second kappa shape index (κ2) is 7.86. The van der Waals surface area contributed by atoms with E-state index in [1.165, 1.54) is 12.3 Å². The Morgan fingerprint density at radius 3 is 2.74 bits per heavy atom. The van der Waals surface area contributed by atoms with Gasteiger partial charge in [0, 0.05) is 24.8 Å². The molecule has 3 rings (SSSR count). The van der Waals surface area contributed by atoms with Gasteiger partial charge in [0.15, 0.2) is 11.5 Å². The highest BCUT2D eigenvalue weighted by Crippen LogP contribution is 2.21. The summed E-state index contributed by atoms with van der Waals surface area (Å²) in [5.41, 5.74) is 7.38. The minimum absolute atomic E-state index is 0.0508. The van der Waals surface area contributed by atoms with Gasteiger partial charge < -0.3 is 21.3 Å². The first-order chi connectivity index (χ1) is 13.0. The largest absolute Gasteiger partial charge is 0.364 e. The number of hydrogen-bond acceptors (Lipinski definition) is 6. The lowest BCUT2D eigenvalue weighted by molar-refractivity contribution is -0.125. The molecule has 8 heteroatoms. The molecule has 1 aliphatic rings. The van der Waals surface area contributed by atoms with Gasteiger partial charge in [0.25, 0.3) is 5.91 Å². The van der Waals surface area contributed by atoms with Crippen LogP contribution in [0.25, 0.3) is 0 Å². The summed E-state index contributed by atoms with van der Waals surface area (Å²) in [5, 5.41) is 6.35. The van der Waals surface area contributed by atoms with Crippen LogP contribution in [-0.2, 0) is 4.79 Å². The first-order valence-corrected chi connectivity index (χ1v) is 8.64. The molecule has 0 unspecified atom stereocenters. The van der Waals surface area contributed by atoms with Gasteiger partial charge in [-0.2, -0.15) is 0 Å². The van der Waals surface area contributed by atoms with Gasteiger partial charge in [0.2, 0.25) is 5.91 Å². The van der Waals surface area contributed by atoms with Crippen molar-refractivity contribution >= 4 is 29.1 Å². The van der Waals surface area contributed by atoms with Crippen molar-refractivity contribution in [2.75, 3.05) is 23.7 Å². The number of nitrogens with zero attached hydrogens (tertiary/aromatic N) is 3. The smallest absolute Gasteiger partial charge is 0.271 e. The molecule has 0 bridgehead atoms. The molecule has 1 saturated heterocycles. The van der Waals surface area contributed by atoms with Crippen LogP contribution in [-0.4, -0.2) is 45.8 Å². The number of nitrogens with two attached hydrogens (primary N) is 1. The molecule has 0 saturated carbocycles. The average molecular weight is 366 g/mol. The van der Waals surface area contributed by atoms with Crippen LogP contribution < -0.4 is 16.4 Å². The number of likely N-dealkylation sites (tertiary alicyclic amines) is 1. The van der Waals surface area contributed by atoms with E-state index < -0.39 is 5.91 Å². The molecule has 1 aromatic carbocycles. The molecule has 0 aliphatic carbocycles. The van der Waals surface area contributed by atoms with Crippen LogP contribution in [0, 0.1) is 6.92 Å². The van der Waals surface area contributed by atoms with Gasteiger partial charge in [-0.1, -0.05) is 24.3 Å². The number of rotatable bonds is 6. The van der Waals surface area contributed by atoms with E-state index in [9.17, 15) is 9.59 Å². The monoisotopic (exact) mass is 366 g/mol. The number of nitrogens with one attached hydrogen (secondary N) is 2. The molecule has 27 heavy (non-hydrogen) atoms. The van der Waals surface area contributed by atoms with Crippen molar-refractivity contribution < 1.29 is 9.59 Å². The van der Waals surface area contributed by atoms with Crippen LogP contribution in [0.1, 0.15) is 22.5 Å². The molecule has 2 amide bonds. The van der Waals surface area contributed by atoms with Crippen molar-refractivity contribution in [1.29, 1.82) is 0 Å². The standard InChI is InChI=1S/C19H22N6O2/c1-3-16(26)25-9-8-14(11-25)22-15-10-21-17(18(20)27)19(24-15)23-13-6-4-12(2)5-7-13/h3-7,10,14H,1,8-9,11H2,2H3,(H2,20,27)(H2,22,23,24)/t14-/m1/s1. The number of aromatic nitrogens is 2. The van der Waals surface area contributed by atoms with E-state index >= 15 is 0 Å². The predicted octanol–water partition coefficient (Wildman–Crippen LogP) is 1.83. The fourth-order valence-corrected chi connectivity index (χ4v) is 2.92. The molecule has 8 nitrogen and oxygen atoms in total. The summed E-state index contributed by atoms with van der Waals surface area (Å²) < 4.78 is 0. The third kappa shape index (κ3) is 4.41. The van der Waals surface area contributed by atoms with Crippen LogP contribution in [0.3, 0.4) is 0 Å². The number of primary amides is 1. The van der Waals surface area contributed by atoms with Gasteiger partial charge in [0.1, 0.15) is 5.82 Å². The van der Waals surface area contributed by atoms with Crippen molar-refractivity contribution in [1.82, 2.24) is 14.9 Å².